The lowest BCUT2D eigenvalue weighted by Gasteiger charge is -2.13. The second-order valence-electron chi connectivity index (χ2n) is 4.63. The molecule has 0 aliphatic carbocycles. The van der Waals surface area contributed by atoms with Gasteiger partial charge in [0.2, 0.25) is 0 Å². The van der Waals surface area contributed by atoms with E-state index in [1.54, 1.807) is 12.1 Å². The third kappa shape index (κ3) is 2.41. The van der Waals surface area contributed by atoms with Crippen LogP contribution in [0.1, 0.15) is 22.1 Å². The van der Waals surface area contributed by atoms with Gasteiger partial charge in [-0.1, -0.05) is 28.1 Å². The van der Waals surface area contributed by atoms with Crippen molar-refractivity contribution in [2.75, 3.05) is 0 Å². The lowest BCUT2D eigenvalue weighted by molar-refractivity contribution is 0.555. The number of halogens is 2. The summed E-state index contributed by atoms with van der Waals surface area (Å²) in [5.74, 6) is -0.457. The van der Waals surface area contributed by atoms with Crippen molar-refractivity contribution < 1.29 is 4.42 Å². The smallest absolute Gasteiger partial charge is 0.408 e. The van der Waals surface area contributed by atoms with Gasteiger partial charge in [-0.2, -0.15) is 0 Å². The van der Waals surface area contributed by atoms with Crippen LogP contribution in [-0.2, 0) is 0 Å². The van der Waals surface area contributed by atoms with Gasteiger partial charge in [-0.15, -0.1) is 11.6 Å². The summed E-state index contributed by atoms with van der Waals surface area (Å²) in [6.07, 6.45) is 0. The summed E-state index contributed by atoms with van der Waals surface area (Å²) in [6.45, 7) is 2.02. The van der Waals surface area contributed by atoms with E-state index in [9.17, 15) is 4.79 Å². The molecule has 0 aliphatic rings. The highest BCUT2D eigenvalue weighted by Crippen LogP contribution is 2.33. The molecule has 0 spiro atoms. The number of alkyl halides is 1. The molecule has 0 aliphatic heterocycles. The Kier molecular flexibility index (Phi) is 3.44. The number of oxazole rings is 1. The highest BCUT2D eigenvalue weighted by molar-refractivity contribution is 9.10. The lowest BCUT2D eigenvalue weighted by atomic mass is 10.00. The number of aromatic amines is 1. The van der Waals surface area contributed by atoms with E-state index in [1.807, 2.05) is 31.2 Å². The number of nitrogens with one attached hydrogen (secondary N) is 1. The number of hydrogen-bond donors (Lipinski definition) is 1. The molecular weight excluding hydrogens is 342 g/mol. The van der Waals surface area contributed by atoms with Gasteiger partial charge in [-0.3, -0.25) is 4.98 Å². The Morgan fingerprint density at radius 1 is 1.25 bits per heavy atom. The van der Waals surface area contributed by atoms with Crippen LogP contribution in [0.4, 0.5) is 0 Å². The second-order valence-corrected chi connectivity index (χ2v) is 5.99. The zero-order chi connectivity index (χ0) is 14.3. The fourth-order valence-electron chi connectivity index (χ4n) is 2.18. The van der Waals surface area contributed by atoms with Gasteiger partial charge in [-0.25, -0.2) is 4.79 Å². The molecule has 102 valence electrons. The molecule has 3 aromatic rings. The van der Waals surface area contributed by atoms with Crippen molar-refractivity contribution in [3.63, 3.8) is 0 Å². The Labute approximate surface area is 128 Å². The molecule has 0 fully saturated rings. The van der Waals surface area contributed by atoms with Crippen LogP contribution in [0.25, 0.3) is 11.1 Å². The Balaban J connectivity index is 2.09. The monoisotopic (exact) mass is 351 g/mol. The Bertz CT molecular complexity index is 837. The molecule has 5 heteroatoms. The van der Waals surface area contributed by atoms with Crippen molar-refractivity contribution in [3.05, 3.63) is 68.1 Å². The zero-order valence-electron chi connectivity index (χ0n) is 10.6. The minimum absolute atomic E-state index is 0.294. The lowest BCUT2D eigenvalue weighted by Crippen LogP contribution is -1.96. The van der Waals surface area contributed by atoms with E-state index in [0.717, 1.165) is 21.2 Å². The van der Waals surface area contributed by atoms with E-state index in [1.165, 1.54) is 0 Å². The number of aryl methyl sites for hydroxylation is 1. The third-order valence-electron chi connectivity index (χ3n) is 3.25. The molecule has 1 heterocycles. The molecule has 1 N–H and O–H groups in total. The topological polar surface area (TPSA) is 46.0 Å². The van der Waals surface area contributed by atoms with Crippen molar-refractivity contribution in [3.8, 4) is 0 Å². The number of aromatic nitrogens is 1. The van der Waals surface area contributed by atoms with Crippen LogP contribution in [0.5, 0.6) is 0 Å². The molecule has 0 saturated heterocycles. The summed E-state index contributed by atoms with van der Waals surface area (Å²) in [6, 6.07) is 11.5. The maximum atomic E-state index is 11.2. The third-order valence-corrected chi connectivity index (χ3v) is 4.23. The van der Waals surface area contributed by atoms with Crippen molar-refractivity contribution in [1.82, 2.24) is 4.98 Å². The van der Waals surface area contributed by atoms with Gasteiger partial charge >= 0.3 is 5.76 Å². The van der Waals surface area contributed by atoms with Gasteiger partial charge in [0.15, 0.2) is 5.58 Å². The summed E-state index contributed by atoms with van der Waals surface area (Å²) >= 11 is 10.0. The molecule has 0 radical (unpaired) electrons. The molecular formula is C15H11BrClNO2. The van der Waals surface area contributed by atoms with E-state index in [0.29, 0.717) is 11.1 Å². The van der Waals surface area contributed by atoms with Crippen molar-refractivity contribution in [2.24, 2.45) is 0 Å². The first kappa shape index (κ1) is 13.5. The molecule has 1 unspecified atom stereocenters. The van der Waals surface area contributed by atoms with Crippen molar-refractivity contribution >= 4 is 38.6 Å². The van der Waals surface area contributed by atoms with Gasteiger partial charge in [-0.05, 0) is 47.9 Å². The average Bonchev–Trinajstić information content (AvgIpc) is 2.79. The van der Waals surface area contributed by atoms with Gasteiger partial charge < -0.3 is 4.42 Å². The van der Waals surface area contributed by atoms with Crippen molar-refractivity contribution in [1.29, 1.82) is 0 Å². The van der Waals surface area contributed by atoms with Crippen LogP contribution < -0.4 is 5.76 Å². The first-order valence-corrected chi connectivity index (χ1v) is 7.30. The summed E-state index contributed by atoms with van der Waals surface area (Å²) in [5.41, 5.74) is 4.23. The second kappa shape index (κ2) is 5.11. The first-order chi connectivity index (χ1) is 9.54. The predicted octanol–water partition coefficient (Wildman–Crippen LogP) is 4.52. The minimum Gasteiger partial charge on any atom is -0.408 e. The largest absolute Gasteiger partial charge is 0.417 e. The highest BCUT2D eigenvalue weighted by atomic mass is 79.9. The Morgan fingerprint density at radius 3 is 2.85 bits per heavy atom. The number of rotatable bonds is 2. The van der Waals surface area contributed by atoms with Crippen LogP contribution in [0, 0.1) is 6.92 Å². The molecule has 0 bridgehead atoms. The molecule has 1 aromatic heterocycles. The maximum Gasteiger partial charge on any atom is 0.417 e. The standard InChI is InChI=1S/C15H11BrClNO2/c1-8-2-4-10(16)7-11(8)14(17)9-3-5-12-13(6-9)20-15(19)18-12/h2-7,14H,1H3,(H,18,19). The fourth-order valence-corrected chi connectivity index (χ4v) is 2.93. The van der Waals surface area contributed by atoms with Gasteiger partial charge in [0.05, 0.1) is 10.9 Å². The molecule has 0 saturated carbocycles. The molecule has 3 nitrogen and oxygen atoms in total. The molecule has 20 heavy (non-hydrogen) atoms. The van der Waals surface area contributed by atoms with Gasteiger partial charge in [0, 0.05) is 4.47 Å². The van der Waals surface area contributed by atoms with Gasteiger partial charge in [0.1, 0.15) is 0 Å². The van der Waals surface area contributed by atoms with Gasteiger partial charge in [0.25, 0.3) is 0 Å². The first-order valence-electron chi connectivity index (χ1n) is 6.07. The number of H-pyrrole nitrogens is 1. The fraction of sp³-hybridized carbons (Fsp3) is 0.133. The van der Waals surface area contributed by atoms with Crippen LogP contribution in [0.3, 0.4) is 0 Å². The number of hydrogen-bond acceptors (Lipinski definition) is 2. The Morgan fingerprint density at radius 2 is 2.05 bits per heavy atom. The maximum absolute atomic E-state index is 11.2. The van der Waals surface area contributed by atoms with Crippen LogP contribution in [0.15, 0.2) is 50.1 Å². The summed E-state index contributed by atoms with van der Waals surface area (Å²) < 4.78 is 6.05. The van der Waals surface area contributed by atoms with E-state index in [-0.39, 0.29) is 5.38 Å². The zero-order valence-corrected chi connectivity index (χ0v) is 13.0. The molecule has 3 rings (SSSR count). The van der Waals surface area contributed by atoms with E-state index >= 15 is 0 Å². The normalized spacial score (nSPS) is 12.8. The average molecular weight is 353 g/mol. The predicted molar refractivity (Wildman–Crippen MR) is 83.4 cm³/mol. The van der Waals surface area contributed by atoms with E-state index in [2.05, 4.69) is 20.9 Å². The summed E-state index contributed by atoms with van der Waals surface area (Å²) in [7, 11) is 0. The quantitative estimate of drug-likeness (QED) is 0.689. The summed E-state index contributed by atoms with van der Waals surface area (Å²) in [5, 5.41) is -0.294. The highest BCUT2D eigenvalue weighted by Gasteiger charge is 2.15. The number of benzene rings is 2. The SMILES string of the molecule is Cc1ccc(Br)cc1C(Cl)c1ccc2[nH]c(=O)oc2c1. The summed E-state index contributed by atoms with van der Waals surface area (Å²) in [4.78, 5) is 13.8. The number of fused-ring (bicyclic) bond motifs is 1. The van der Waals surface area contributed by atoms with Crippen LogP contribution in [-0.4, -0.2) is 4.98 Å². The van der Waals surface area contributed by atoms with Crippen molar-refractivity contribution in [2.45, 2.75) is 12.3 Å². The molecule has 0 amide bonds. The molecule has 1 atom stereocenters. The Hall–Kier alpha value is -1.52. The molecule has 2 aromatic carbocycles. The van der Waals surface area contributed by atoms with E-state index in [4.69, 9.17) is 16.0 Å². The minimum atomic E-state index is -0.457. The van der Waals surface area contributed by atoms with Crippen LogP contribution in [0.2, 0.25) is 0 Å². The van der Waals surface area contributed by atoms with E-state index < -0.39 is 5.76 Å². The van der Waals surface area contributed by atoms with Crippen LogP contribution >= 0.6 is 27.5 Å².